The highest BCUT2D eigenvalue weighted by Gasteiger charge is 2.22. The zero-order chi connectivity index (χ0) is 64.1. The number of hydrogen-bond acceptors (Lipinski definition) is 8. The summed E-state index contributed by atoms with van der Waals surface area (Å²) in [6.07, 6.45) is 87.8. The van der Waals surface area contributed by atoms with Gasteiger partial charge in [0.05, 0.1) is 27.7 Å². The Hall–Kier alpha value is -1.25. The van der Waals surface area contributed by atoms with E-state index >= 15 is 0 Å². The summed E-state index contributed by atoms with van der Waals surface area (Å²) in [7, 11) is 1.19. The first-order chi connectivity index (χ1) is 43.0. The number of nitrogens with zero attached hydrogens (tertiary/aromatic N) is 1. The van der Waals surface area contributed by atoms with E-state index in [1.165, 1.54) is 353 Å². The van der Waals surface area contributed by atoms with Crippen molar-refractivity contribution in [1.29, 1.82) is 0 Å². The summed E-state index contributed by atoms with van der Waals surface area (Å²) < 4.78 is 34.4. The summed E-state index contributed by atoms with van der Waals surface area (Å²) >= 11 is 0. The smallest absolute Gasteiger partial charge is 0.306 e. The van der Waals surface area contributed by atoms with Gasteiger partial charge < -0.3 is 27.9 Å². The molecule has 10 heteroatoms. The maximum atomic E-state index is 12.9. The number of esters is 2. The molecule has 0 aromatic rings. The standard InChI is InChI=1S/C78H154NO8P/c1-6-8-10-12-14-16-18-20-22-24-26-28-30-31-32-33-34-35-36-37-38-39-40-41-42-43-44-45-46-47-49-50-52-54-56-58-60-62-64-66-68-70-77(80)84-74-76(75-86-88(82,83)85-73-72-79(3,4)5)87-78(81)71-69-67-65-63-61-59-57-55-53-51-48-29-27-25-23-21-19-17-15-13-11-9-7-2/h25,27,76H,6-24,26,28-75H2,1-5H3/b27-25-. The number of phosphoric acid groups is 1. The zero-order valence-electron chi connectivity index (χ0n) is 60.0. The molecule has 0 aromatic heterocycles. The number of hydrogen-bond donors (Lipinski definition) is 0. The number of unbranched alkanes of at least 4 members (excludes halogenated alkanes) is 59. The highest BCUT2D eigenvalue weighted by molar-refractivity contribution is 7.45. The number of ether oxygens (including phenoxy) is 2. The monoisotopic (exact) mass is 1260 g/mol. The minimum absolute atomic E-state index is 0.0267. The molecule has 2 atom stereocenters. The van der Waals surface area contributed by atoms with Gasteiger partial charge in [0.2, 0.25) is 0 Å². The lowest BCUT2D eigenvalue weighted by Gasteiger charge is -2.28. The van der Waals surface area contributed by atoms with E-state index in [-0.39, 0.29) is 32.0 Å². The molecule has 0 N–H and O–H groups in total. The molecular weight excluding hydrogens is 1110 g/mol. The van der Waals surface area contributed by atoms with Gasteiger partial charge in [0, 0.05) is 12.8 Å². The lowest BCUT2D eigenvalue weighted by atomic mass is 10.0. The van der Waals surface area contributed by atoms with E-state index in [4.69, 9.17) is 18.5 Å². The maximum Gasteiger partial charge on any atom is 0.306 e. The Labute approximate surface area is 549 Å². The lowest BCUT2D eigenvalue weighted by Crippen LogP contribution is -2.37. The molecule has 0 fully saturated rings. The van der Waals surface area contributed by atoms with Crippen LogP contribution >= 0.6 is 7.82 Å². The third kappa shape index (κ3) is 73.8. The summed E-state index contributed by atoms with van der Waals surface area (Å²) in [5.41, 5.74) is 0. The number of rotatable bonds is 75. The average molecular weight is 1270 g/mol. The van der Waals surface area contributed by atoms with Gasteiger partial charge in [-0.15, -0.1) is 0 Å². The van der Waals surface area contributed by atoms with Crippen molar-refractivity contribution in [3.63, 3.8) is 0 Å². The quantitative estimate of drug-likeness (QED) is 0.0195. The minimum atomic E-state index is -4.64. The van der Waals surface area contributed by atoms with Crippen LogP contribution in [0.25, 0.3) is 0 Å². The second-order valence-electron chi connectivity index (χ2n) is 28.4. The summed E-state index contributed by atoms with van der Waals surface area (Å²) in [5, 5.41) is 0. The Balaban J connectivity index is 3.84. The molecule has 0 heterocycles. The summed E-state index contributed by atoms with van der Waals surface area (Å²) in [6, 6.07) is 0. The highest BCUT2D eigenvalue weighted by Crippen LogP contribution is 2.38. The maximum absolute atomic E-state index is 12.9. The van der Waals surface area contributed by atoms with Crippen LogP contribution in [0.1, 0.15) is 425 Å². The van der Waals surface area contributed by atoms with Gasteiger partial charge in [0.25, 0.3) is 7.82 Å². The molecule has 0 saturated carbocycles. The number of phosphoric ester groups is 1. The van der Waals surface area contributed by atoms with E-state index in [0.717, 1.165) is 38.5 Å². The molecule has 0 radical (unpaired) electrons. The lowest BCUT2D eigenvalue weighted by molar-refractivity contribution is -0.870. The SMILES string of the molecule is CCCCCCCCCC/C=C\CCCCCCCCCCCCCC(=O)OC(COC(=O)CCCCCCCCCCCCCCCCCCCCCCCCCCCCCCCCCCCCCCCCCCC)COP(=O)([O-])OCC[N+](C)(C)C. The molecule has 0 spiro atoms. The number of allylic oxidation sites excluding steroid dienone is 2. The van der Waals surface area contributed by atoms with Crippen molar-refractivity contribution in [3.05, 3.63) is 12.2 Å². The van der Waals surface area contributed by atoms with Crippen LogP contribution in [-0.2, 0) is 32.7 Å². The van der Waals surface area contributed by atoms with Crippen molar-refractivity contribution < 1.29 is 42.1 Å². The van der Waals surface area contributed by atoms with Crippen molar-refractivity contribution in [2.75, 3.05) is 47.5 Å². The number of carbonyl (C=O) groups is 2. The van der Waals surface area contributed by atoms with Gasteiger partial charge in [0.15, 0.2) is 6.10 Å². The Kier molecular flexibility index (Phi) is 69.1. The fourth-order valence-corrected chi connectivity index (χ4v) is 13.0. The number of likely N-dealkylation sites (N-methyl/N-ethyl adjacent to an activating group) is 1. The Morgan fingerprint density at radius 3 is 0.841 bits per heavy atom. The first-order valence-electron chi connectivity index (χ1n) is 39.4. The number of quaternary nitrogens is 1. The van der Waals surface area contributed by atoms with Crippen molar-refractivity contribution in [3.8, 4) is 0 Å². The molecule has 0 amide bonds. The summed E-state index contributed by atoms with van der Waals surface area (Å²) in [5.74, 6) is -0.808. The predicted octanol–water partition coefficient (Wildman–Crippen LogP) is 25.2. The first kappa shape index (κ1) is 86.8. The second-order valence-corrected chi connectivity index (χ2v) is 29.9. The molecule has 0 bridgehead atoms. The van der Waals surface area contributed by atoms with Crippen LogP contribution in [0.15, 0.2) is 12.2 Å². The van der Waals surface area contributed by atoms with Gasteiger partial charge in [0.1, 0.15) is 19.8 Å². The molecule has 0 saturated heterocycles. The Bertz CT molecular complexity index is 1490. The van der Waals surface area contributed by atoms with Crippen molar-refractivity contribution >= 4 is 19.8 Å². The molecule has 0 aliphatic rings. The van der Waals surface area contributed by atoms with Gasteiger partial charge in [-0.25, -0.2) is 0 Å². The fraction of sp³-hybridized carbons (Fsp3) is 0.949. The van der Waals surface area contributed by atoms with Crippen LogP contribution < -0.4 is 4.89 Å². The van der Waals surface area contributed by atoms with Gasteiger partial charge in [-0.1, -0.05) is 386 Å². The van der Waals surface area contributed by atoms with Crippen molar-refractivity contribution in [1.82, 2.24) is 0 Å². The fourth-order valence-electron chi connectivity index (χ4n) is 12.2. The second kappa shape index (κ2) is 70.1. The predicted molar refractivity (Wildman–Crippen MR) is 379 cm³/mol. The Morgan fingerprint density at radius 2 is 0.580 bits per heavy atom. The van der Waals surface area contributed by atoms with Gasteiger partial charge >= 0.3 is 11.9 Å². The zero-order valence-corrected chi connectivity index (χ0v) is 60.9. The van der Waals surface area contributed by atoms with Gasteiger partial charge in [-0.3, -0.25) is 14.2 Å². The van der Waals surface area contributed by atoms with E-state index in [0.29, 0.717) is 17.4 Å². The van der Waals surface area contributed by atoms with E-state index in [1.54, 1.807) is 0 Å². The van der Waals surface area contributed by atoms with Crippen molar-refractivity contribution in [2.45, 2.75) is 431 Å². The molecule has 88 heavy (non-hydrogen) atoms. The third-order valence-electron chi connectivity index (χ3n) is 18.3. The van der Waals surface area contributed by atoms with Crippen LogP contribution in [0.3, 0.4) is 0 Å². The Morgan fingerprint density at radius 1 is 0.341 bits per heavy atom. The van der Waals surface area contributed by atoms with E-state index in [9.17, 15) is 19.0 Å². The minimum Gasteiger partial charge on any atom is -0.756 e. The summed E-state index contributed by atoms with van der Waals surface area (Å²) in [6.45, 7) is 4.33. The highest BCUT2D eigenvalue weighted by atomic mass is 31.2. The molecule has 0 aliphatic heterocycles. The molecule has 9 nitrogen and oxygen atoms in total. The topological polar surface area (TPSA) is 111 Å². The molecule has 2 unspecified atom stereocenters. The van der Waals surface area contributed by atoms with Crippen LogP contribution in [0.5, 0.6) is 0 Å². The molecular formula is C78H154NO8P. The molecule has 524 valence electrons. The van der Waals surface area contributed by atoms with Crippen LogP contribution in [0.4, 0.5) is 0 Å². The van der Waals surface area contributed by atoms with E-state index in [1.807, 2.05) is 21.1 Å². The normalized spacial score (nSPS) is 13.0. The van der Waals surface area contributed by atoms with Crippen LogP contribution in [0.2, 0.25) is 0 Å². The number of carbonyl (C=O) groups excluding carboxylic acids is 2. The molecule has 0 aromatic carbocycles. The van der Waals surface area contributed by atoms with Crippen molar-refractivity contribution in [2.24, 2.45) is 0 Å². The van der Waals surface area contributed by atoms with E-state index < -0.39 is 26.5 Å². The summed E-state index contributed by atoms with van der Waals surface area (Å²) in [4.78, 5) is 38.1. The first-order valence-corrected chi connectivity index (χ1v) is 40.9. The van der Waals surface area contributed by atoms with Crippen LogP contribution in [0, 0.1) is 0 Å². The molecule has 0 rings (SSSR count). The van der Waals surface area contributed by atoms with Gasteiger partial charge in [-0.05, 0) is 38.5 Å². The van der Waals surface area contributed by atoms with Crippen LogP contribution in [-0.4, -0.2) is 70.0 Å². The molecule has 0 aliphatic carbocycles. The largest absolute Gasteiger partial charge is 0.756 e. The van der Waals surface area contributed by atoms with E-state index in [2.05, 4.69) is 26.0 Å². The third-order valence-corrected chi connectivity index (χ3v) is 19.2. The van der Waals surface area contributed by atoms with Gasteiger partial charge in [-0.2, -0.15) is 0 Å². The average Bonchev–Trinajstić information content (AvgIpc) is 3.68.